The number of phosphoric ester groups is 2. The van der Waals surface area contributed by atoms with Gasteiger partial charge in [0.15, 0.2) is 12.2 Å². The van der Waals surface area contributed by atoms with Crippen LogP contribution in [0, 0.1) is 11.8 Å². The molecule has 0 aromatic heterocycles. The number of aliphatic hydroxyl groups excluding tert-OH is 1. The minimum atomic E-state index is -4.96. The van der Waals surface area contributed by atoms with Gasteiger partial charge in [0.25, 0.3) is 0 Å². The molecule has 0 fully saturated rings. The molecule has 0 aliphatic rings. The van der Waals surface area contributed by atoms with Gasteiger partial charge in [-0.1, -0.05) is 343 Å². The molecule has 0 aliphatic carbocycles. The van der Waals surface area contributed by atoms with E-state index < -0.39 is 97.5 Å². The molecule has 0 saturated heterocycles. The van der Waals surface area contributed by atoms with E-state index >= 15 is 0 Å². The Labute approximate surface area is 581 Å². The van der Waals surface area contributed by atoms with E-state index in [0.29, 0.717) is 25.7 Å². The van der Waals surface area contributed by atoms with Crippen LogP contribution in [0.4, 0.5) is 0 Å². The smallest absolute Gasteiger partial charge is 0.462 e. The van der Waals surface area contributed by atoms with E-state index in [1.165, 1.54) is 212 Å². The van der Waals surface area contributed by atoms with Gasteiger partial charge in [-0.05, 0) is 37.5 Å². The van der Waals surface area contributed by atoms with Gasteiger partial charge in [0.05, 0.1) is 26.4 Å². The summed E-state index contributed by atoms with van der Waals surface area (Å²) in [4.78, 5) is 72.8. The second-order valence-electron chi connectivity index (χ2n) is 28.1. The van der Waals surface area contributed by atoms with Crippen molar-refractivity contribution in [1.29, 1.82) is 0 Å². The second-order valence-corrected chi connectivity index (χ2v) is 31.0. The van der Waals surface area contributed by atoms with Crippen LogP contribution in [0.5, 0.6) is 0 Å². The van der Waals surface area contributed by atoms with E-state index in [1.807, 2.05) is 0 Å². The number of rotatable bonds is 75. The van der Waals surface area contributed by atoms with Crippen molar-refractivity contribution in [2.75, 3.05) is 39.6 Å². The first-order chi connectivity index (χ1) is 45.9. The highest BCUT2D eigenvalue weighted by Crippen LogP contribution is 2.45. The maximum absolute atomic E-state index is 13.1. The predicted octanol–water partition coefficient (Wildman–Crippen LogP) is 22.3. The Morgan fingerprint density at radius 2 is 0.537 bits per heavy atom. The van der Waals surface area contributed by atoms with E-state index in [4.69, 9.17) is 37.0 Å². The summed E-state index contributed by atoms with van der Waals surface area (Å²) in [5.74, 6) is -0.542. The molecule has 0 heterocycles. The molecule has 0 radical (unpaired) electrons. The van der Waals surface area contributed by atoms with Gasteiger partial charge < -0.3 is 33.8 Å². The van der Waals surface area contributed by atoms with E-state index in [-0.39, 0.29) is 25.7 Å². The molecule has 564 valence electrons. The summed E-state index contributed by atoms with van der Waals surface area (Å²) in [5.41, 5.74) is 0. The molecular weight excluding hydrogens is 1250 g/mol. The van der Waals surface area contributed by atoms with Gasteiger partial charge in [-0.2, -0.15) is 0 Å². The molecule has 0 rings (SSSR count). The largest absolute Gasteiger partial charge is 0.472 e. The number of esters is 4. The van der Waals surface area contributed by atoms with Gasteiger partial charge in [0, 0.05) is 25.7 Å². The average Bonchev–Trinajstić information content (AvgIpc) is 2.46. The van der Waals surface area contributed by atoms with Crippen molar-refractivity contribution >= 4 is 39.5 Å². The number of carbonyl (C=O) groups excluding carboxylic acids is 4. The zero-order chi connectivity index (χ0) is 70.0. The summed E-state index contributed by atoms with van der Waals surface area (Å²) in [5, 5.41) is 10.6. The summed E-state index contributed by atoms with van der Waals surface area (Å²) < 4.78 is 68.5. The van der Waals surface area contributed by atoms with E-state index in [0.717, 1.165) is 102 Å². The first-order valence-corrected chi connectivity index (χ1v) is 42.5. The Balaban J connectivity index is 5.25. The number of unbranched alkanes of at least 4 members (excludes halogenated alkanes) is 44. The zero-order valence-electron chi connectivity index (χ0n) is 62.0. The minimum absolute atomic E-state index is 0.105. The topological polar surface area (TPSA) is 237 Å². The lowest BCUT2D eigenvalue weighted by atomic mass is 9.99. The van der Waals surface area contributed by atoms with Crippen molar-refractivity contribution in [3.8, 4) is 0 Å². The Morgan fingerprint density at radius 3 is 0.800 bits per heavy atom. The molecule has 19 heteroatoms. The number of hydrogen-bond acceptors (Lipinski definition) is 15. The number of aliphatic hydroxyl groups is 1. The molecule has 3 unspecified atom stereocenters. The lowest BCUT2D eigenvalue weighted by Gasteiger charge is -2.21. The number of hydrogen-bond donors (Lipinski definition) is 3. The molecule has 17 nitrogen and oxygen atoms in total. The Bertz CT molecular complexity index is 1840. The first-order valence-electron chi connectivity index (χ1n) is 39.5. The van der Waals surface area contributed by atoms with Crippen molar-refractivity contribution < 1.29 is 80.2 Å². The van der Waals surface area contributed by atoms with Crippen LogP contribution in [0.1, 0.15) is 395 Å². The standard InChI is InChI=1S/C76H148O17P2/c1-7-10-12-14-16-18-20-25-30-34-41-47-53-59-74(79)86-64-71(92-75(80)60-54-48-42-35-31-27-24-22-23-26-28-32-38-44-50-56-68(4)5)66-90-94(82,83)88-62-70(77)63-89-95(84,85)91-67-72(93-76(81)61-55-49-43-37-36-39-45-51-57-69(6)9-3)65-87-73(78)58-52-46-40-33-29-21-19-17-15-13-11-8-2/h68-72,77H,7-67H2,1-6H3,(H,82,83)(H,84,85)/t69?,70-,71-,72-/m1/s1. The van der Waals surface area contributed by atoms with Gasteiger partial charge in [0.2, 0.25) is 0 Å². The normalized spacial score (nSPS) is 14.3. The maximum atomic E-state index is 13.1. The monoisotopic (exact) mass is 1400 g/mol. The van der Waals surface area contributed by atoms with Gasteiger partial charge in [0.1, 0.15) is 19.3 Å². The fourth-order valence-corrected chi connectivity index (χ4v) is 13.2. The van der Waals surface area contributed by atoms with Crippen LogP contribution in [-0.4, -0.2) is 96.7 Å². The average molecular weight is 1400 g/mol. The van der Waals surface area contributed by atoms with Gasteiger partial charge in [-0.3, -0.25) is 37.3 Å². The molecule has 0 bridgehead atoms. The lowest BCUT2D eigenvalue weighted by molar-refractivity contribution is -0.161. The highest BCUT2D eigenvalue weighted by Gasteiger charge is 2.30. The summed E-state index contributed by atoms with van der Waals surface area (Å²) in [6.45, 7) is 9.62. The SMILES string of the molecule is CCCCCCCCCCCCCCCC(=O)OC[C@H](COP(=O)(O)OC[C@@H](O)COP(=O)(O)OC[C@@H](COC(=O)CCCCCCCCCCCCCC)OC(=O)CCCCCCCCCCC(C)CC)OC(=O)CCCCCCCCCCCCCCCCCC(C)C. The summed E-state index contributed by atoms with van der Waals surface area (Å²) in [6, 6.07) is 0. The Kier molecular flexibility index (Phi) is 66.5. The fourth-order valence-electron chi connectivity index (χ4n) is 11.6. The third-order valence-corrected chi connectivity index (χ3v) is 20.0. The van der Waals surface area contributed by atoms with Crippen molar-refractivity contribution in [2.45, 2.75) is 413 Å². The van der Waals surface area contributed by atoms with Crippen LogP contribution in [0.2, 0.25) is 0 Å². The second kappa shape index (κ2) is 67.9. The van der Waals surface area contributed by atoms with Crippen molar-refractivity contribution in [3.63, 3.8) is 0 Å². The molecule has 0 amide bonds. The Morgan fingerprint density at radius 1 is 0.305 bits per heavy atom. The quantitative estimate of drug-likeness (QED) is 0.0222. The van der Waals surface area contributed by atoms with Crippen LogP contribution in [0.15, 0.2) is 0 Å². The maximum Gasteiger partial charge on any atom is 0.472 e. The van der Waals surface area contributed by atoms with Crippen LogP contribution >= 0.6 is 15.6 Å². The summed E-state index contributed by atoms with van der Waals surface area (Å²) in [6.07, 6.45) is 55.3. The Hall–Kier alpha value is -1.94. The number of ether oxygens (including phenoxy) is 4. The van der Waals surface area contributed by atoms with Crippen molar-refractivity contribution in [1.82, 2.24) is 0 Å². The van der Waals surface area contributed by atoms with E-state index in [9.17, 15) is 43.2 Å². The highest BCUT2D eigenvalue weighted by atomic mass is 31.2. The van der Waals surface area contributed by atoms with Crippen LogP contribution in [0.3, 0.4) is 0 Å². The number of phosphoric acid groups is 2. The zero-order valence-corrected chi connectivity index (χ0v) is 63.8. The van der Waals surface area contributed by atoms with E-state index in [1.54, 1.807) is 0 Å². The van der Waals surface area contributed by atoms with Gasteiger partial charge in [-0.25, -0.2) is 9.13 Å². The summed E-state index contributed by atoms with van der Waals surface area (Å²) >= 11 is 0. The van der Waals surface area contributed by atoms with Crippen molar-refractivity contribution in [2.24, 2.45) is 11.8 Å². The predicted molar refractivity (Wildman–Crippen MR) is 386 cm³/mol. The third-order valence-electron chi connectivity index (χ3n) is 18.1. The van der Waals surface area contributed by atoms with Gasteiger partial charge in [-0.15, -0.1) is 0 Å². The van der Waals surface area contributed by atoms with Crippen LogP contribution < -0.4 is 0 Å². The van der Waals surface area contributed by atoms with Gasteiger partial charge >= 0.3 is 39.5 Å². The lowest BCUT2D eigenvalue weighted by Crippen LogP contribution is -2.30. The fraction of sp³-hybridized carbons (Fsp3) is 0.947. The summed E-state index contributed by atoms with van der Waals surface area (Å²) in [7, 11) is -9.91. The molecule has 0 aromatic rings. The molecular formula is C76H148O17P2. The highest BCUT2D eigenvalue weighted by molar-refractivity contribution is 7.47. The van der Waals surface area contributed by atoms with Crippen molar-refractivity contribution in [3.05, 3.63) is 0 Å². The van der Waals surface area contributed by atoms with E-state index in [2.05, 4.69) is 41.5 Å². The first kappa shape index (κ1) is 93.1. The molecule has 0 saturated carbocycles. The third kappa shape index (κ3) is 69.0. The van der Waals surface area contributed by atoms with Crippen LogP contribution in [-0.2, 0) is 65.4 Å². The molecule has 0 aromatic carbocycles. The molecule has 0 spiro atoms. The van der Waals surface area contributed by atoms with Crippen LogP contribution in [0.25, 0.3) is 0 Å². The molecule has 95 heavy (non-hydrogen) atoms. The molecule has 6 atom stereocenters. The minimum Gasteiger partial charge on any atom is -0.462 e. The molecule has 0 aliphatic heterocycles. The molecule has 3 N–H and O–H groups in total. The number of carbonyl (C=O) groups is 4.